The minimum atomic E-state index is -3.68. The summed E-state index contributed by atoms with van der Waals surface area (Å²) in [6.07, 6.45) is 6.20. The fourth-order valence-electron chi connectivity index (χ4n) is 5.59. The molecule has 2 aliphatic rings. The molecule has 0 spiro atoms. The van der Waals surface area contributed by atoms with E-state index in [0.717, 1.165) is 80.9 Å². The maximum Gasteiger partial charge on any atom is 0.426 e. The Morgan fingerprint density at radius 3 is 1.88 bits per heavy atom. The second kappa shape index (κ2) is 10.7. The molecule has 0 aromatic heterocycles. The molecule has 0 amide bonds. The van der Waals surface area contributed by atoms with Gasteiger partial charge in [0.2, 0.25) is 0 Å². The van der Waals surface area contributed by atoms with Crippen molar-refractivity contribution in [3.05, 3.63) is 64.7 Å². The highest BCUT2D eigenvalue weighted by Gasteiger charge is 2.35. The van der Waals surface area contributed by atoms with E-state index in [2.05, 4.69) is 13.8 Å². The number of alkyl halides is 2. The van der Waals surface area contributed by atoms with Crippen LogP contribution in [0.15, 0.2) is 36.4 Å². The predicted molar refractivity (Wildman–Crippen MR) is 127 cm³/mol. The predicted octanol–water partition coefficient (Wildman–Crippen LogP) is 9.15. The van der Waals surface area contributed by atoms with Crippen LogP contribution in [0, 0.1) is 29.4 Å². The van der Waals surface area contributed by atoms with E-state index in [9.17, 15) is 17.6 Å². The number of halogens is 4. The topological polar surface area (TPSA) is 9.23 Å². The second-order valence-corrected chi connectivity index (χ2v) is 10.7. The third kappa shape index (κ3) is 6.14. The molecule has 2 fully saturated rings. The maximum atomic E-state index is 14.8. The fourth-order valence-corrected chi connectivity index (χ4v) is 5.59. The van der Waals surface area contributed by atoms with Crippen molar-refractivity contribution in [2.75, 3.05) is 0 Å². The quantitative estimate of drug-likeness (QED) is 0.362. The molecule has 0 heterocycles. The molecule has 0 N–H and O–H groups in total. The lowest BCUT2D eigenvalue weighted by Crippen LogP contribution is -2.22. The van der Waals surface area contributed by atoms with Crippen LogP contribution < -0.4 is 4.74 Å². The summed E-state index contributed by atoms with van der Waals surface area (Å²) in [4.78, 5) is 0. The van der Waals surface area contributed by atoms with Crippen LogP contribution in [0.25, 0.3) is 0 Å². The van der Waals surface area contributed by atoms with Crippen molar-refractivity contribution in [1.82, 2.24) is 0 Å². The molecule has 4 rings (SSSR count). The Labute approximate surface area is 200 Å². The summed E-state index contributed by atoms with van der Waals surface area (Å²) in [5.41, 5.74) is 0.692. The van der Waals surface area contributed by atoms with Gasteiger partial charge < -0.3 is 4.74 Å². The Hall–Kier alpha value is -2.04. The first-order chi connectivity index (χ1) is 16.2. The molecule has 0 radical (unpaired) electrons. The van der Waals surface area contributed by atoms with Crippen molar-refractivity contribution in [3.63, 3.8) is 0 Å². The van der Waals surface area contributed by atoms with Gasteiger partial charge in [-0.2, -0.15) is 8.78 Å². The van der Waals surface area contributed by atoms with Gasteiger partial charge in [0.1, 0.15) is 17.4 Å². The summed E-state index contributed by atoms with van der Waals surface area (Å²) in [7, 11) is 0. The highest BCUT2D eigenvalue weighted by Crippen LogP contribution is 2.38. The summed E-state index contributed by atoms with van der Waals surface area (Å²) in [5, 5.41) is 0. The summed E-state index contributed by atoms with van der Waals surface area (Å²) in [6.45, 7) is 4.47. The van der Waals surface area contributed by atoms with Crippen LogP contribution >= 0.6 is 0 Å². The average molecular weight is 477 g/mol. The molecule has 0 atom stereocenters. The molecule has 0 saturated heterocycles. The molecule has 5 heteroatoms. The first-order valence-corrected chi connectivity index (χ1v) is 12.9. The first kappa shape index (κ1) is 25.1. The van der Waals surface area contributed by atoms with Crippen LogP contribution in [0.5, 0.6) is 5.75 Å². The largest absolute Gasteiger partial charge is 0.429 e. The van der Waals surface area contributed by atoms with E-state index in [-0.39, 0.29) is 17.5 Å². The number of hydrogen-bond donors (Lipinski definition) is 0. The Morgan fingerprint density at radius 1 is 0.794 bits per heavy atom. The molecule has 2 aromatic rings. The number of benzene rings is 2. The average Bonchev–Trinajstić information content (AvgIpc) is 2.80. The van der Waals surface area contributed by atoms with E-state index in [1.165, 1.54) is 12.1 Å². The van der Waals surface area contributed by atoms with E-state index < -0.39 is 23.5 Å². The van der Waals surface area contributed by atoms with E-state index in [1.54, 1.807) is 12.1 Å². The van der Waals surface area contributed by atoms with Crippen molar-refractivity contribution < 1.29 is 22.3 Å². The minimum Gasteiger partial charge on any atom is -0.429 e. The van der Waals surface area contributed by atoms with Crippen LogP contribution in [0.2, 0.25) is 0 Å². The molecule has 1 nitrogen and oxygen atoms in total. The van der Waals surface area contributed by atoms with Gasteiger partial charge in [-0.05, 0) is 67.1 Å². The minimum absolute atomic E-state index is 0.0413. The van der Waals surface area contributed by atoms with Gasteiger partial charge in [0, 0.05) is 17.7 Å². The number of rotatable bonds is 7. The Kier molecular flexibility index (Phi) is 7.89. The van der Waals surface area contributed by atoms with Gasteiger partial charge in [-0.15, -0.1) is 0 Å². The molecule has 0 unspecified atom stereocenters. The van der Waals surface area contributed by atoms with E-state index >= 15 is 0 Å². The summed E-state index contributed by atoms with van der Waals surface area (Å²) < 4.78 is 63.6. The lowest BCUT2D eigenvalue weighted by atomic mass is 9.79. The molecule has 2 aromatic carbocycles. The molecule has 0 aliphatic heterocycles. The summed E-state index contributed by atoms with van der Waals surface area (Å²) in [5.74, 6) is 0.156. The van der Waals surface area contributed by atoms with E-state index in [1.807, 2.05) is 0 Å². The van der Waals surface area contributed by atoms with Gasteiger partial charge in [0.05, 0.1) is 5.56 Å². The second-order valence-electron chi connectivity index (χ2n) is 10.7. The zero-order valence-corrected chi connectivity index (χ0v) is 20.3. The summed E-state index contributed by atoms with van der Waals surface area (Å²) in [6, 6.07) is 7.94. The van der Waals surface area contributed by atoms with Gasteiger partial charge in [0.25, 0.3) is 0 Å². The lowest BCUT2D eigenvalue weighted by molar-refractivity contribution is -0.185. The fraction of sp³-hybridized carbons (Fsp3) is 0.586. The standard InChI is InChI=1S/C29H36F4O/c1-19-3-7-21(8-4-19)9-16-26-27(30)17-25(18-28(26)31)34-29(32,33)24-14-12-23(13-15-24)22-10-5-20(2)6-11-22/h12-15,17-22H,3-11,16H2,1-2H3. The van der Waals surface area contributed by atoms with E-state index in [4.69, 9.17) is 4.74 Å². The lowest BCUT2D eigenvalue weighted by Gasteiger charge is -2.27. The van der Waals surface area contributed by atoms with Crippen molar-refractivity contribution in [2.45, 2.75) is 90.1 Å². The summed E-state index contributed by atoms with van der Waals surface area (Å²) >= 11 is 0. The van der Waals surface area contributed by atoms with E-state index in [0.29, 0.717) is 18.3 Å². The molecule has 34 heavy (non-hydrogen) atoms. The van der Waals surface area contributed by atoms with Gasteiger partial charge in [0.15, 0.2) is 0 Å². The molecule has 0 bridgehead atoms. The van der Waals surface area contributed by atoms with Crippen LogP contribution in [0.4, 0.5) is 17.6 Å². The SMILES string of the molecule is CC1CCC(CCc2c(F)cc(OC(F)(F)c3ccc(C4CCC(C)CC4)cc3)cc2F)CC1. The van der Waals surface area contributed by atoms with Crippen LogP contribution in [-0.4, -0.2) is 0 Å². The normalized spacial score (nSPS) is 25.8. The van der Waals surface area contributed by atoms with Gasteiger partial charge in [-0.1, -0.05) is 64.5 Å². The number of hydrogen-bond acceptors (Lipinski definition) is 1. The van der Waals surface area contributed by atoms with Crippen LogP contribution in [-0.2, 0) is 12.5 Å². The van der Waals surface area contributed by atoms with Crippen molar-refractivity contribution >= 4 is 0 Å². The number of ether oxygens (including phenoxy) is 1. The highest BCUT2D eigenvalue weighted by molar-refractivity contribution is 5.33. The smallest absolute Gasteiger partial charge is 0.426 e. The monoisotopic (exact) mass is 476 g/mol. The first-order valence-electron chi connectivity index (χ1n) is 12.9. The molecule has 2 saturated carbocycles. The molecule has 186 valence electrons. The third-order valence-corrected chi connectivity index (χ3v) is 8.03. The zero-order chi connectivity index (χ0) is 24.3. The van der Waals surface area contributed by atoms with Gasteiger partial charge in [-0.25, -0.2) is 8.78 Å². The van der Waals surface area contributed by atoms with Crippen molar-refractivity contribution in [3.8, 4) is 5.75 Å². The van der Waals surface area contributed by atoms with Crippen LogP contribution in [0.3, 0.4) is 0 Å². The van der Waals surface area contributed by atoms with Crippen molar-refractivity contribution in [1.29, 1.82) is 0 Å². The molecular formula is C29H36F4O. The Bertz CT molecular complexity index is 916. The Morgan fingerprint density at radius 2 is 1.32 bits per heavy atom. The highest BCUT2D eigenvalue weighted by atomic mass is 19.3. The van der Waals surface area contributed by atoms with Gasteiger partial charge >= 0.3 is 6.11 Å². The Balaban J connectivity index is 1.39. The third-order valence-electron chi connectivity index (χ3n) is 8.03. The van der Waals surface area contributed by atoms with Crippen molar-refractivity contribution in [2.24, 2.45) is 17.8 Å². The van der Waals surface area contributed by atoms with Gasteiger partial charge in [-0.3, -0.25) is 0 Å². The molecular weight excluding hydrogens is 440 g/mol. The molecule has 2 aliphatic carbocycles. The maximum absolute atomic E-state index is 14.8. The van der Waals surface area contributed by atoms with Crippen LogP contribution in [0.1, 0.15) is 94.2 Å². The zero-order valence-electron chi connectivity index (χ0n) is 20.3.